The fourth-order valence-corrected chi connectivity index (χ4v) is 3.02. The molecule has 0 saturated heterocycles. The van der Waals surface area contributed by atoms with Crippen LogP contribution in [0.5, 0.6) is 0 Å². The molecular weight excluding hydrogens is 268 g/mol. The van der Waals surface area contributed by atoms with Crippen LogP contribution in [0.25, 0.3) is 0 Å². The highest BCUT2D eigenvalue weighted by Gasteiger charge is 2.29. The van der Waals surface area contributed by atoms with Crippen molar-refractivity contribution in [2.24, 2.45) is 0 Å². The number of nitrogen functional groups attached to an aromatic ring is 1. The van der Waals surface area contributed by atoms with E-state index in [1.165, 1.54) is 11.1 Å². The van der Waals surface area contributed by atoms with E-state index < -0.39 is 0 Å². The number of rotatable bonds is 3. The standard InChI is InChI=1S/C15H18N4O2/c1-9-4-2-3-5-13(9)10-6-11(8-12(20)7-10)17-15-14(16)18-21-19-15/h2-5,10-11H,6-8H2,1H3,(H2,16,18)(H,17,19)/t10-,11-/m0/s1. The van der Waals surface area contributed by atoms with Crippen molar-refractivity contribution in [2.75, 3.05) is 11.1 Å². The number of carbonyl (C=O) groups is 1. The molecule has 1 aromatic carbocycles. The molecule has 3 N–H and O–H groups in total. The maximum atomic E-state index is 12.1. The van der Waals surface area contributed by atoms with Gasteiger partial charge < -0.3 is 11.1 Å². The normalized spacial score (nSPS) is 22.2. The molecule has 0 radical (unpaired) electrons. The van der Waals surface area contributed by atoms with Crippen LogP contribution in [0.1, 0.15) is 36.3 Å². The smallest absolute Gasteiger partial charge is 0.215 e. The third-order valence-corrected chi connectivity index (χ3v) is 4.00. The lowest BCUT2D eigenvalue weighted by Gasteiger charge is -2.29. The van der Waals surface area contributed by atoms with Gasteiger partial charge in [-0.1, -0.05) is 24.3 Å². The number of aryl methyl sites for hydroxylation is 1. The topological polar surface area (TPSA) is 94.0 Å². The summed E-state index contributed by atoms with van der Waals surface area (Å²) in [6.45, 7) is 2.08. The molecule has 6 nitrogen and oxygen atoms in total. The van der Waals surface area contributed by atoms with E-state index in [1.807, 2.05) is 12.1 Å². The van der Waals surface area contributed by atoms with Gasteiger partial charge in [0.25, 0.3) is 0 Å². The van der Waals surface area contributed by atoms with Crippen molar-refractivity contribution in [3.8, 4) is 0 Å². The first-order valence-electron chi connectivity index (χ1n) is 7.05. The summed E-state index contributed by atoms with van der Waals surface area (Å²) in [6, 6.07) is 8.22. The number of hydrogen-bond acceptors (Lipinski definition) is 6. The molecule has 2 atom stereocenters. The zero-order valence-corrected chi connectivity index (χ0v) is 11.9. The molecule has 1 heterocycles. The highest BCUT2D eigenvalue weighted by molar-refractivity contribution is 5.81. The Hall–Kier alpha value is -2.37. The summed E-state index contributed by atoms with van der Waals surface area (Å²) in [7, 11) is 0. The minimum absolute atomic E-state index is 0.00468. The van der Waals surface area contributed by atoms with Crippen molar-refractivity contribution < 1.29 is 9.42 Å². The highest BCUT2D eigenvalue weighted by atomic mass is 16.6. The van der Waals surface area contributed by atoms with Crippen LogP contribution in [0.2, 0.25) is 0 Å². The molecule has 21 heavy (non-hydrogen) atoms. The molecule has 0 aliphatic heterocycles. The fourth-order valence-electron chi connectivity index (χ4n) is 3.02. The van der Waals surface area contributed by atoms with E-state index in [0.717, 1.165) is 6.42 Å². The van der Waals surface area contributed by atoms with Gasteiger partial charge in [-0.3, -0.25) is 4.79 Å². The predicted octanol–water partition coefficient (Wildman–Crippen LogP) is 2.28. The van der Waals surface area contributed by atoms with Crippen LogP contribution in [0.4, 0.5) is 11.6 Å². The number of Topliss-reactive ketones (excluding diaryl/α,β-unsaturated/α-hetero) is 1. The average molecular weight is 286 g/mol. The summed E-state index contributed by atoms with van der Waals surface area (Å²) in [4.78, 5) is 12.1. The Balaban J connectivity index is 1.77. The van der Waals surface area contributed by atoms with Gasteiger partial charge in [-0.25, -0.2) is 4.63 Å². The van der Waals surface area contributed by atoms with Gasteiger partial charge in [-0.05, 0) is 40.7 Å². The summed E-state index contributed by atoms with van der Waals surface area (Å²) in [6.07, 6.45) is 1.94. The van der Waals surface area contributed by atoms with Gasteiger partial charge in [0.05, 0.1) is 0 Å². The van der Waals surface area contributed by atoms with Gasteiger partial charge in [0.2, 0.25) is 11.6 Å². The largest absolute Gasteiger partial charge is 0.378 e. The Bertz CT molecular complexity index is 653. The molecule has 6 heteroatoms. The van der Waals surface area contributed by atoms with Crippen LogP contribution in [-0.2, 0) is 4.79 Å². The van der Waals surface area contributed by atoms with Crippen molar-refractivity contribution in [1.82, 2.24) is 10.3 Å². The van der Waals surface area contributed by atoms with E-state index >= 15 is 0 Å². The predicted molar refractivity (Wildman–Crippen MR) is 78.9 cm³/mol. The van der Waals surface area contributed by atoms with E-state index in [2.05, 4.69) is 39.3 Å². The van der Waals surface area contributed by atoms with Gasteiger partial charge in [-0.2, -0.15) is 0 Å². The summed E-state index contributed by atoms with van der Waals surface area (Å²) >= 11 is 0. The van der Waals surface area contributed by atoms with Gasteiger partial charge >= 0.3 is 0 Å². The number of nitrogens with two attached hydrogens (primary N) is 1. The number of nitrogens with zero attached hydrogens (tertiary/aromatic N) is 2. The zero-order valence-electron chi connectivity index (χ0n) is 11.9. The Morgan fingerprint density at radius 2 is 2.10 bits per heavy atom. The molecular formula is C15H18N4O2. The lowest BCUT2D eigenvalue weighted by molar-refractivity contribution is -0.120. The van der Waals surface area contributed by atoms with E-state index in [1.54, 1.807) is 0 Å². The van der Waals surface area contributed by atoms with E-state index in [9.17, 15) is 4.79 Å². The Morgan fingerprint density at radius 1 is 1.29 bits per heavy atom. The van der Waals surface area contributed by atoms with Crippen molar-refractivity contribution in [3.05, 3.63) is 35.4 Å². The zero-order chi connectivity index (χ0) is 14.8. The Kier molecular flexibility index (Phi) is 3.60. The lowest BCUT2D eigenvalue weighted by Crippen LogP contribution is -2.32. The number of ketones is 1. The number of hydrogen-bond donors (Lipinski definition) is 2. The molecule has 0 amide bonds. The second-order valence-electron chi connectivity index (χ2n) is 5.58. The van der Waals surface area contributed by atoms with Gasteiger partial charge in [0.15, 0.2) is 0 Å². The lowest BCUT2D eigenvalue weighted by atomic mass is 9.79. The summed E-state index contributed by atoms with van der Waals surface area (Å²) in [5, 5.41) is 10.4. The monoisotopic (exact) mass is 286 g/mol. The van der Waals surface area contributed by atoms with Crippen LogP contribution in [0, 0.1) is 6.92 Å². The molecule has 110 valence electrons. The molecule has 3 rings (SSSR count). The van der Waals surface area contributed by atoms with Crippen molar-refractivity contribution >= 4 is 17.4 Å². The Labute approximate surface area is 122 Å². The quantitative estimate of drug-likeness (QED) is 0.899. The number of nitrogens with one attached hydrogen (secondary N) is 1. The third kappa shape index (κ3) is 2.89. The number of benzene rings is 1. The molecule has 0 unspecified atom stereocenters. The van der Waals surface area contributed by atoms with E-state index in [4.69, 9.17) is 5.73 Å². The van der Waals surface area contributed by atoms with E-state index in [0.29, 0.717) is 18.7 Å². The van der Waals surface area contributed by atoms with Crippen LogP contribution in [0.15, 0.2) is 28.9 Å². The van der Waals surface area contributed by atoms with Crippen LogP contribution < -0.4 is 11.1 Å². The van der Waals surface area contributed by atoms with Crippen LogP contribution >= 0.6 is 0 Å². The third-order valence-electron chi connectivity index (χ3n) is 4.00. The first-order chi connectivity index (χ1) is 10.1. The second kappa shape index (κ2) is 5.55. The van der Waals surface area contributed by atoms with Gasteiger partial charge in [0.1, 0.15) is 5.78 Å². The Morgan fingerprint density at radius 3 is 2.81 bits per heavy atom. The maximum Gasteiger partial charge on any atom is 0.215 e. The van der Waals surface area contributed by atoms with Gasteiger partial charge in [-0.15, -0.1) is 0 Å². The van der Waals surface area contributed by atoms with Crippen molar-refractivity contribution in [1.29, 1.82) is 0 Å². The minimum Gasteiger partial charge on any atom is -0.378 e. The SMILES string of the molecule is Cc1ccccc1[C@@H]1CC(=O)C[C@@H](Nc2nonc2N)C1. The van der Waals surface area contributed by atoms with Gasteiger partial charge in [0, 0.05) is 18.9 Å². The van der Waals surface area contributed by atoms with Crippen LogP contribution in [0.3, 0.4) is 0 Å². The number of aromatic nitrogens is 2. The first-order valence-corrected chi connectivity index (χ1v) is 7.05. The van der Waals surface area contributed by atoms with Crippen molar-refractivity contribution in [2.45, 2.75) is 38.1 Å². The molecule has 1 aromatic heterocycles. The summed E-state index contributed by atoms with van der Waals surface area (Å²) < 4.78 is 4.57. The number of carbonyl (C=O) groups excluding carboxylic acids is 1. The first kappa shape index (κ1) is 13.6. The summed E-state index contributed by atoms with van der Waals surface area (Å²) in [5.74, 6) is 1.12. The highest BCUT2D eigenvalue weighted by Crippen LogP contribution is 2.34. The molecule has 1 aliphatic rings. The van der Waals surface area contributed by atoms with Crippen LogP contribution in [-0.4, -0.2) is 22.1 Å². The molecule has 1 aliphatic carbocycles. The molecule has 2 aromatic rings. The molecule has 0 spiro atoms. The van der Waals surface area contributed by atoms with Crippen molar-refractivity contribution in [3.63, 3.8) is 0 Å². The molecule has 1 saturated carbocycles. The molecule has 1 fully saturated rings. The summed E-state index contributed by atoms with van der Waals surface area (Å²) in [5.41, 5.74) is 8.11. The average Bonchev–Trinajstić information content (AvgIpc) is 2.84. The number of anilines is 2. The maximum absolute atomic E-state index is 12.1. The van der Waals surface area contributed by atoms with E-state index in [-0.39, 0.29) is 23.6 Å². The minimum atomic E-state index is 0.00468. The fraction of sp³-hybridized carbons (Fsp3) is 0.400. The second-order valence-corrected chi connectivity index (χ2v) is 5.58. The molecule has 0 bridgehead atoms.